The molecule has 0 bridgehead atoms. The number of hydrogen-bond acceptors (Lipinski definition) is 5. The van der Waals surface area contributed by atoms with Crippen molar-refractivity contribution >= 4 is 11.6 Å². The van der Waals surface area contributed by atoms with Crippen LogP contribution < -0.4 is 11.3 Å². The highest BCUT2D eigenvalue weighted by atomic mass is 16.2. The fraction of sp³-hybridized carbons (Fsp3) is 0.538. The Morgan fingerprint density at radius 3 is 3.11 bits per heavy atom. The number of carbonyl (C=O) groups is 1. The number of carbonyl (C=O) groups excluding carboxylic acids is 1. The zero-order valence-corrected chi connectivity index (χ0v) is 11.5. The Labute approximate surface area is 113 Å². The van der Waals surface area contributed by atoms with Crippen LogP contribution in [0.15, 0.2) is 18.5 Å². The standard InChI is InChI=1S/C13H21N5O/c1-17-6-4-10(8-17)9-18(2)13(19)11-7-15-5-3-12(11)16-14/h3,5,7,10H,4,6,8-9,14H2,1-2H3,(H,15,16). The molecular weight excluding hydrogens is 242 g/mol. The molecule has 0 radical (unpaired) electrons. The summed E-state index contributed by atoms with van der Waals surface area (Å²) in [5, 5.41) is 0. The molecule has 1 saturated heterocycles. The van der Waals surface area contributed by atoms with Crippen LogP contribution in [0.1, 0.15) is 16.8 Å². The van der Waals surface area contributed by atoms with E-state index in [-0.39, 0.29) is 5.91 Å². The third-order valence-electron chi connectivity index (χ3n) is 3.57. The number of likely N-dealkylation sites (tertiary alicyclic amines) is 1. The van der Waals surface area contributed by atoms with Gasteiger partial charge < -0.3 is 15.2 Å². The molecule has 1 aromatic rings. The Kier molecular flexibility index (Phi) is 4.34. The van der Waals surface area contributed by atoms with Crippen molar-refractivity contribution in [2.75, 3.05) is 39.2 Å². The first-order chi connectivity index (χ1) is 9.11. The smallest absolute Gasteiger partial charge is 0.257 e. The van der Waals surface area contributed by atoms with Crippen molar-refractivity contribution in [2.24, 2.45) is 11.8 Å². The van der Waals surface area contributed by atoms with Gasteiger partial charge in [0.05, 0.1) is 11.3 Å². The zero-order chi connectivity index (χ0) is 13.8. The maximum absolute atomic E-state index is 12.4. The second-order valence-corrected chi connectivity index (χ2v) is 5.17. The Hall–Kier alpha value is -1.66. The molecule has 6 heteroatoms. The molecule has 1 aliphatic heterocycles. The third kappa shape index (κ3) is 3.21. The van der Waals surface area contributed by atoms with E-state index in [9.17, 15) is 4.79 Å². The van der Waals surface area contributed by atoms with E-state index in [2.05, 4.69) is 22.4 Å². The van der Waals surface area contributed by atoms with E-state index in [1.165, 1.54) is 0 Å². The second kappa shape index (κ2) is 5.99. The number of pyridine rings is 1. The van der Waals surface area contributed by atoms with Gasteiger partial charge in [0, 0.05) is 32.5 Å². The summed E-state index contributed by atoms with van der Waals surface area (Å²) in [6.45, 7) is 2.92. The van der Waals surface area contributed by atoms with Gasteiger partial charge in [-0.2, -0.15) is 0 Å². The molecule has 1 atom stereocenters. The van der Waals surface area contributed by atoms with Crippen molar-refractivity contribution in [3.8, 4) is 0 Å². The van der Waals surface area contributed by atoms with Crippen LogP contribution in [0.4, 0.5) is 5.69 Å². The summed E-state index contributed by atoms with van der Waals surface area (Å²) in [5.41, 5.74) is 3.66. The van der Waals surface area contributed by atoms with E-state index in [0.717, 1.165) is 26.1 Å². The van der Waals surface area contributed by atoms with Crippen molar-refractivity contribution in [1.82, 2.24) is 14.8 Å². The number of hydrogen-bond donors (Lipinski definition) is 2. The lowest BCUT2D eigenvalue weighted by Gasteiger charge is -2.22. The summed E-state index contributed by atoms with van der Waals surface area (Å²) in [6, 6.07) is 1.70. The first-order valence-electron chi connectivity index (χ1n) is 6.46. The highest BCUT2D eigenvalue weighted by Gasteiger charge is 2.24. The predicted molar refractivity (Wildman–Crippen MR) is 74.6 cm³/mol. The topological polar surface area (TPSA) is 74.5 Å². The number of nitrogens with two attached hydrogens (primary N) is 1. The third-order valence-corrected chi connectivity index (χ3v) is 3.57. The van der Waals surface area contributed by atoms with Gasteiger partial charge in [0.25, 0.3) is 5.91 Å². The normalized spacial score (nSPS) is 19.4. The molecule has 0 saturated carbocycles. The van der Waals surface area contributed by atoms with Gasteiger partial charge in [-0.15, -0.1) is 0 Å². The number of hydrazine groups is 1. The Morgan fingerprint density at radius 1 is 1.68 bits per heavy atom. The van der Waals surface area contributed by atoms with Gasteiger partial charge in [-0.05, 0) is 32.0 Å². The predicted octanol–water partition coefficient (Wildman–Crippen LogP) is 0.391. The molecule has 19 heavy (non-hydrogen) atoms. The molecule has 0 spiro atoms. The van der Waals surface area contributed by atoms with Crippen LogP contribution in [0, 0.1) is 5.92 Å². The molecule has 2 rings (SSSR count). The molecule has 1 aliphatic rings. The molecule has 2 heterocycles. The fourth-order valence-electron chi connectivity index (χ4n) is 2.54. The Bertz CT molecular complexity index is 450. The molecule has 1 fully saturated rings. The van der Waals surface area contributed by atoms with E-state index in [0.29, 0.717) is 17.2 Å². The number of amides is 1. The van der Waals surface area contributed by atoms with Gasteiger partial charge in [0.15, 0.2) is 0 Å². The van der Waals surface area contributed by atoms with Crippen LogP contribution in [-0.4, -0.2) is 54.4 Å². The van der Waals surface area contributed by atoms with Gasteiger partial charge in [0.1, 0.15) is 0 Å². The van der Waals surface area contributed by atoms with Gasteiger partial charge in [0.2, 0.25) is 0 Å². The van der Waals surface area contributed by atoms with Crippen LogP contribution in [-0.2, 0) is 0 Å². The van der Waals surface area contributed by atoms with E-state index >= 15 is 0 Å². The maximum atomic E-state index is 12.4. The lowest BCUT2D eigenvalue weighted by atomic mass is 10.1. The lowest BCUT2D eigenvalue weighted by molar-refractivity contribution is 0.0774. The van der Waals surface area contributed by atoms with Crippen molar-refractivity contribution < 1.29 is 4.79 Å². The molecule has 104 valence electrons. The average molecular weight is 263 g/mol. The SMILES string of the molecule is CN1CCC(CN(C)C(=O)c2cnccc2NN)C1. The molecule has 6 nitrogen and oxygen atoms in total. The second-order valence-electron chi connectivity index (χ2n) is 5.17. The first-order valence-corrected chi connectivity index (χ1v) is 6.46. The minimum Gasteiger partial charge on any atom is -0.341 e. The van der Waals surface area contributed by atoms with Crippen LogP contribution in [0.5, 0.6) is 0 Å². The van der Waals surface area contributed by atoms with Gasteiger partial charge in [-0.3, -0.25) is 15.6 Å². The summed E-state index contributed by atoms with van der Waals surface area (Å²) in [5.74, 6) is 5.92. The quantitative estimate of drug-likeness (QED) is 0.607. The molecule has 0 aliphatic carbocycles. The van der Waals surface area contributed by atoms with Gasteiger partial charge >= 0.3 is 0 Å². The number of nitrogen functional groups attached to an aromatic ring is 1. The Balaban J connectivity index is 2.02. The van der Waals surface area contributed by atoms with Crippen LogP contribution >= 0.6 is 0 Å². The van der Waals surface area contributed by atoms with E-state index in [1.807, 2.05) is 7.05 Å². The Morgan fingerprint density at radius 2 is 2.47 bits per heavy atom. The number of aromatic nitrogens is 1. The van der Waals surface area contributed by atoms with Crippen molar-refractivity contribution in [1.29, 1.82) is 0 Å². The molecular formula is C13H21N5O. The summed E-state index contributed by atoms with van der Waals surface area (Å²) in [7, 11) is 3.94. The molecule has 3 N–H and O–H groups in total. The highest BCUT2D eigenvalue weighted by molar-refractivity contribution is 5.99. The first kappa shape index (κ1) is 13.8. The number of rotatable bonds is 4. The molecule has 1 amide bonds. The van der Waals surface area contributed by atoms with Crippen molar-refractivity contribution in [3.63, 3.8) is 0 Å². The van der Waals surface area contributed by atoms with Gasteiger partial charge in [-0.25, -0.2) is 0 Å². The fourth-order valence-corrected chi connectivity index (χ4v) is 2.54. The lowest BCUT2D eigenvalue weighted by Crippen LogP contribution is -2.33. The summed E-state index contributed by atoms with van der Waals surface area (Å²) in [6.07, 6.45) is 4.30. The molecule has 0 aromatic carbocycles. The highest BCUT2D eigenvalue weighted by Crippen LogP contribution is 2.18. The average Bonchev–Trinajstić information content (AvgIpc) is 2.83. The van der Waals surface area contributed by atoms with Crippen LogP contribution in [0.25, 0.3) is 0 Å². The minimum absolute atomic E-state index is 0.0457. The summed E-state index contributed by atoms with van der Waals surface area (Å²) < 4.78 is 0. The van der Waals surface area contributed by atoms with E-state index in [4.69, 9.17) is 5.84 Å². The maximum Gasteiger partial charge on any atom is 0.257 e. The zero-order valence-electron chi connectivity index (χ0n) is 11.5. The van der Waals surface area contributed by atoms with Gasteiger partial charge in [-0.1, -0.05) is 0 Å². The van der Waals surface area contributed by atoms with Crippen molar-refractivity contribution in [3.05, 3.63) is 24.0 Å². The summed E-state index contributed by atoms with van der Waals surface area (Å²) in [4.78, 5) is 20.4. The minimum atomic E-state index is -0.0457. The largest absolute Gasteiger partial charge is 0.341 e. The number of nitrogens with zero attached hydrogens (tertiary/aromatic N) is 3. The van der Waals surface area contributed by atoms with E-state index < -0.39 is 0 Å². The number of nitrogens with one attached hydrogen (secondary N) is 1. The molecule has 1 unspecified atom stereocenters. The van der Waals surface area contributed by atoms with E-state index in [1.54, 1.807) is 23.4 Å². The molecule has 1 aromatic heterocycles. The van der Waals surface area contributed by atoms with Crippen molar-refractivity contribution in [2.45, 2.75) is 6.42 Å². The number of anilines is 1. The van der Waals surface area contributed by atoms with Crippen LogP contribution in [0.3, 0.4) is 0 Å². The monoisotopic (exact) mass is 263 g/mol. The van der Waals surface area contributed by atoms with Crippen LogP contribution in [0.2, 0.25) is 0 Å². The summed E-state index contributed by atoms with van der Waals surface area (Å²) >= 11 is 0.